The lowest BCUT2D eigenvalue weighted by Gasteiger charge is -2.09. The summed E-state index contributed by atoms with van der Waals surface area (Å²) >= 11 is 0. The highest BCUT2D eigenvalue weighted by Gasteiger charge is 2.03. The van der Waals surface area contributed by atoms with Gasteiger partial charge >= 0.3 is 0 Å². The van der Waals surface area contributed by atoms with Gasteiger partial charge in [-0.15, -0.1) is 0 Å². The van der Waals surface area contributed by atoms with Gasteiger partial charge in [-0.1, -0.05) is 12.8 Å². The van der Waals surface area contributed by atoms with Gasteiger partial charge in [0.05, 0.1) is 0 Å². The minimum Gasteiger partial charge on any atom is -0.349 e. The molecule has 0 atom stereocenters. The first-order chi connectivity index (χ1) is 7.07. The summed E-state index contributed by atoms with van der Waals surface area (Å²) in [4.78, 5) is 23.4. The van der Waals surface area contributed by atoms with Crippen molar-refractivity contribution in [3.63, 3.8) is 0 Å². The fourth-order valence-corrected chi connectivity index (χ4v) is 1.19. The van der Waals surface area contributed by atoms with Crippen LogP contribution in [0.4, 0.5) is 0 Å². The van der Waals surface area contributed by atoms with Crippen LogP contribution in [-0.4, -0.2) is 36.0 Å². The standard InChI is InChI=1S/C10H20N2O3/c1-12(2)10(14)8-6-4-3-5-7-9(13)11-15/h15H,3-8H2,1-2H3,(H,11,13). The van der Waals surface area contributed by atoms with Gasteiger partial charge in [-0.2, -0.15) is 0 Å². The highest BCUT2D eigenvalue weighted by Crippen LogP contribution is 2.06. The highest BCUT2D eigenvalue weighted by atomic mass is 16.5. The minimum absolute atomic E-state index is 0.142. The number of rotatable bonds is 7. The number of hydroxylamine groups is 1. The van der Waals surface area contributed by atoms with Gasteiger partial charge in [0.2, 0.25) is 11.8 Å². The van der Waals surface area contributed by atoms with Crippen LogP contribution in [0.3, 0.4) is 0 Å². The first-order valence-corrected chi connectivity index (χ1v) is 5.21. The van der Waals surface area contributed by atoms with Crippen LogP contribution in [0, 0.1) is 0 Å². The van der Waals surface area contributed by atoms with Crippen molar-refractivity contribution in [2.75, 3.05) is 14.1 Å². The maximum atomic E-state index is 11.2. The van der Waals surface area contributed by atoms with E-state index < -0.39 is 0 Å². The first-order valence-electron chi connectivity index (χ1n) is 5.21. The molecule has 0 bridgehead atoms. The summed E-state index contributed by atoms with van der Waals surface area (Å²) in [5.74, 6) is -0.206. The average Bonchev–Trinajstić information content (AvgIpc) is 2.22. The molecule has 0 aromatic carbocycles. The molecule has 0 rings (SSSR count). The van der Waals surface area contributed by atoms with Crippen LogP contribution in [0.1, 0.15) is 38.5 Å². The van der Waals surface area contributed by atoms with Gasteiger partial charge in [-0.05, 0) is 12.8 Å². The quantitative estimate of drug-likeness (QED) is 0.378. The van der Waals surface area contributed by atoms with Crippen LogP contribution in [-0.2, 0) is 9.59 Å². The number of unbranched alkanes of at least 4 members (excludes halogenated alkanes) is 3. The molecule has 2 amide bonds. The second kappa shape index (κ2) is 8.23. The van der Waals surface area contributed by atoms with Gasteiger partial charge < -0.3 is 4.90 Å². The third-order valence-electron chi connectivity index (χ3n) is 2.17. The van der Waals surface area contributed by atoms with Crippen LogP contribution in [0.2, 0.25) is 0 Å². The van der Waals surface area contributed by atoms with E-state index in [0.29, 0.717) is 12.8 Å². The fraction of sp³-hybridized carbons (Fsp3) is 0.800. The Balaban J connectivity index is 3.25. The van der Waals surface area contributed by atoms with Crippen LogP contribution >= 0.6 is 0 Å². The Bertz CT molecular complexity index is 205. The molecule has 88 valence electrons. The third-order valence-corrected chi connectivity index (χ3v) is 2.17. The highest BCUT2D eigenvalue weighted by molar-refractivity contribution is 5.75. The van der Waals surface area contributed by atoms with Gasteiger partial charge in [0.25, 0.3) is 0 Å². The maximum absolute atomic E-state index is 11.2. The Kier molecular flexibility index (Phi) is 7.62. The van der Waals surface area contributed by atoms with Crippen molar-refractivity contribution in [2.45, 2.75) is 38.5 Å². The molecule has 0 aliphatic rings. The van der Waals surface area contributed by atoms with Gasteiger partial charge in [0.1, 0.15) is 0 Å². The summed E-state index contributed by atoms with van der Waals surface area (Å²) < 4.78 is 0. The second-order valence-electron chi connectivity index (χ2n) is 3.74. The van der Waals surface area contributed by atoms with Crippen LogP contribution in [0.15, 0.2) is 0 Å². The molecular formula is C10H20N2O3. The number of carbonyl (C=O) groups excluding carboxylic acids is 2. The van der Waals surface area contributed by atoms with E-state index in [1.165, 1.54) is 0 Å². The normalized spacial score (nSPS) is 9.80. The summed E-state index contributed by atoms with van der Waals surface area (Å²) in [6, 6.07) is 0. The van der Waals surface area contributed by atoms with E-state index in [4.69, 9.17) is 5.21 Å². The molecule has 5 heteroatoms. The molecule has 0 unspecified atom stereocenters. The number of hydrogen-bond donors (Lipinski definition) is 2. The van der Waals surface area contributed by atoms with E-state index in [2.05, 4.69) is 0 Å². The largest absolute Gasteiger partial charge is 0.349 e. The summed E-state index contributed by atoms with van der Waals surface area (Å²) in [6.45, 7) is 0. The summed E-state index contributed by atoms with van der Waals surface area (Å²) in [5.41, 5.74) is 1.59. The Morgan fingerprint density at radius 2 is 1.60 bits per heavy atom. The topological polar surface area (TPSA) is 69.6 Å². The Labute approximate surface area is 90.4 Å². The number of amides is 2. The number of nitrogens with zero attached hydrogens (tertiary/aromatic N) is 1. The molecule has 0 aromatic rings. The predicted octanol–water partition coefficient (Wildman–Crippen LogP) is 0.921. The molecule has 0 aromatic heterocycles. The number of hydrogen-bond acceptors (Lipinski definition) is 3. The third kappa shape index (κ3) is 7.93. The molecule has 0 radical (unpaired) electrons. The van der Waals surface area contributed by atoms with Crippen molar-refractivity contribution < 1.29 is 14.8 Å². The number of carbonyl (C=O) groups is 2. The molecule has 0 aliphatic heterocycles. The molecule has 0 spiro atoms. The Morgan fingerprint density at radius 1 is 1.07 bits per heavy atom. The molecule has 2 N–H and O–H groups in total. The molecule has 0 heterocycles. The van der Waals surface area contributed by atoms with Gasteiger partial charge in [-0.25, -0.2) is 5.48 Å². The van der Waals surface area contributed by atoms with Crippen molar-refractivity contribution in [3.05, 3.63) is 0 Å². The Morgan fingerprint density at radius 3 is 2.07 bits per heavy atom. The van der Waals surface area contributed by atoms with Crippen molar-refractivity contribution in [2.24, 2.45) is 0 Å². The smallest absolute Gasteiger partial charge is 0.243 e. The van der Waals surface area contributed by atoms with Crippen LogP contribution in [0.5, 0.6) is 0 Å². The zero-order valence-electron chi connectivity index (χ0n) is 9.45. The summed E-state index contributed by atoms with van der Waals surface area (Å²) in [5, 5.41) is 8.22. The minimum atomic E-state index is -0.348. The van der Waals surface area contributed by atoms with E-state index in [1.807, 2.05) is 0 Å². The zero-order chi connectivity index (χ0) is 11.7. The van der Waals surface area contributed by atoms with Crippen molar-refractivity contribution in [1.29, 1.82) is 0 Å². The van der Waals surface area contributed by atoms with Gasteiger partial charge in [0, 0.05) is 26.9 Å². The number of nitrogens with one attached hydrogen (secondary N) is 1. The van der Waals surface area contributed by atoms with E-state index in [-0.39, 0.29) is 11.8 Å². The average molecular weight is 216 g/mol. The molecule has 5 nitrogen and oxygen atoms in total. The van der Waals surface area contributed by atoms with Crippen LogP contribution in [0.25, 0.3) is 0 Å². The molecule has 0 saturated heterocycles. The van der Waals surface area contributed by atoms with E-state index in [1.54, 1.807) is 24.5 Å². The monoisotopic (exact) mass is 216 g/mol. The summed E-state index contributed by atoms with van der Waals surface area (Å²) in [6.07, 6.45) is 4.38. The van der Waals surface area contributed by atoms with E-state index in [9.17, 15) is 9.59 Å². The van der Waals surface area contributed by atoms with Gasteiger partial charge in [0.15, 0.2) is 0 Å². The zero-order valence-corrected chi connectivity index (χ0v) is 9.45. The lowest BCUT2D eigenvalue weighted by molar-refractivity contribution is -0.130. The molecule has 15 heavy (non-hydrogen) atoms. The predicted molar refractivity (Wildman–Crippen MR) is 56.3 cm³/mol. The first kappa shape index (κ1) is 13.9. The molecule has 0 fully saturated rings. The molecular weight excluding hydrogens is 196 g/mol. The lowest BCUT2D eigenvalue weighted by Crippen LogP contribution is -2.21. The van der Waals surface area contributed by atoms with Crippen molar-refractivity contribution in [3.8, 4) is 0 Å². The van der Waals surface area contributed by atoms with Crippen molar-refractivity contribution in [1.82, 2.24) is 10.4 Å². The second-order valence-corrected chi connectivity index (χ2v) is 3.74. The SMILES string of the molecule is CN(C)C(=O)CCCCCCC(=O)NO. The fourth-order valence-electron chi connectivity index (χ4n) is 1.19. The maximum Gasteiger partial charge on any atom is 0.243 e. The van der Waals surface area contributed by atoms with Gasteiger partial charge in [-0.3, -0.25) is 14.8 Å². The molecule has 0 aliphatic carbocycles. The van der Waals surface area contributed by atoms with Crippen LogP contribution < -0.4 is 5.48 Å². The molecule has 0 saturated carbocycles. The Hall–Kier alpha value is -1.10. The van der Waals surface area contributed by atoms with Crippen molar-refractivity contribution >= 4 is 11.8 Å². The lowest BCUT2D eigenvalue weighted by atomic mass is 10.1. The van der Waals surface area contributed by atoms with E-state index >= 15 is 0 Å². The summed E-state index contributed by atoms with van der Waals surface area (Å²) in [7, 11) is 3.49. The van der Waals surface area contributed by atoms with E-state index in [0.717, 1.165) is 25.7 Å².